The number of carbonyl (C=O) groups is 4. The molecule has 4 rings (SSSR count). The molecule has 1 unspecified atom stereocenters. The number of carbonyl (C=O) groups excluding carboxylic acids is 4. The highest BCUT2D eigenvalue weighted by molar-refractivity contribution is 6.01. The van der Waals surface area contributed by atoms with Gasteiger partial charge in [-0.05, 0) is 46.5 Å². The Bertz CT molecular complexity index is 1260. The average molecular weight is 574 g/mol. The molecule has 2 aromatic rings. The monoisotopic (exact) mass is 573 g/mol. The first-order valence-electron chi connectivity index (χ1n) is 13.2. The molecule has 1 heterocycles. The summed E-state index contributed by atoms with van der Waals surface area (Å²) in [6.45, 7) is 2.92. The number of nitrogens with one attached hydrogen (secondary N) is 1. The van der Waals surface area contributed by atoms with Gasteiger partial charge in [-0.2, -0.15) is 0 Å². The van der Waals surface area contributed by atoms with Crippen LogP contribution in [0.5, 0.6) is 0 Å². The summed E-state index contributed by atoms with van der Waals surface area (Å²) < 4.78 is 35.4. The third-order valence-corrected chi connectivity index (χ3v) is 6.45. The molecule has 1 saturated heterocycles. The van der Waals surface area contributed by atoms with Gasteiger partial charge in [-0.1, -0.05) is 17.2 Å². The number of hydroxylamine groups is 2. The minimum Gasteiger partial charge on any atom is -0.432 e. The zero-order valence-electron chi connectivity index (χ0n) is 22.4. The van der Waals surface area contributed by atoms with Crippen LogP contribution in [0.25, 0.3) is 11.1 Å². The average Bonchev–Trinajstić information content (AvgIpc) is 3.44. The Morgan fingerprint density at radius 1 is 0.878 bits per heavy atom. The van der Waals surface area contributed by atoms with Crippen LogP contribution in [0.1, 0.15) is 40.2 Å². The maximum Gasteiger partial charge on any atom is 0.533 e. The lowest BCUT2D eigenvalue weighted by Crippen LogP contribution is -2.32. The number of amides is 3. The van der Waals surface area contributed by atoms with Crippen molar-refractivity contribution in [2.45, 2.75) is 18.8 Å². The van der Waals surface area contributed by atoms with Gasteiger partial charge in [0.05, 0.1) is 39.6 Å². The van der Waals surface area contributed by atoms with Gasteiger partial charge in [0, 0.05) is 37.4 Å². The number of halogens is 1. The number of hydrogen-bond acceptors (Lipinski definition) is 10. The summed E-state index contributed by atoms with van der Waals surface area (Å²) in [6.07, 6.45) is -1.34. The molecule has 1 atom stereocenters. The molecular formula is C28H32FN3O9. The van der Waals surface area contributed by atoms with Crippen molar-refractivity contribution in [3.8, 4) is 11.1 Å². The van der Waals surface area contributed by atoms with Gasteiger partial charge in [0.1, 0.15) is 12.4 Å². The number of hydrogen-bond donors (Lipinski definition) is 2. The highest BCUT2D eigenvalue weighted by atomic mass is 19.1. The first-order chi connectivity index (χ1) is 19.9. The second kappa shape index (κ2) is 14.6. The molecule has 13 heteroatoms. The largest absolute Gasteiger partial charge is 0.533 e. The molecule has 0 saturated carbocycles. The Kier molecular flexibility index (Phi) is 10.7. The third-order valence-electron chi connectivity index (χ3n) is 6.45. The molecule has 3 N–H and O–H groups in total. The maximum absolute atomic E-state index is 14.1. The Labute approximate surface area is 235 Å². The summed E-state index contributed by atoms with van der Waals surface area (Å²) in [7, 11) is 0. The molecule has 1 aliphatic heterocycles. The van der Waals surface area contributed by atoms with Crippen LogP contribution < -0.4 is 11.1 Å². The minimum absolute atomic E-state index is 0.0497. The minimum atomic E-state index is -1.24. The van der Waals surface area contributed by atoms with E-state index in [1.54, 1.807) is 24.3 Å². The molecule has 2 aromatic carbocycles. The lowest BCUT2D eigenvalue weighted by Gasteiger charge is -2.16. The van der Waals surface area contributed by atoms with Crippen LogP contribution >= 0.6 is 0 Å². The summed E-state index contributed by atoms with van der Waals surface area (Å²) in [6, 6.07) is 9.37. The molecule has 1 fully saturated rings. The number of ether oxygens (including phenoxy) is 4. The van der Waals surface area contributed by atoms with E-state index in [9.17, 15) is 23.6 Å². The number of fused-ring (bicyclic) bond motifs is 3. The van der Waals surface area contributed by atoms with Gasteiger partial charge >= 0.3 is 6.16 Å². The van der Waals surface area contributed by atoms with Gasteiger partial charge < -0.3 is 30.0 Å². The zero-order chi connectivity index (χ0) is 29.2. The smallest absolute Gasteiger partial charge is 0.432 e. The first-order valence-corrected chi connectivity index (χ1v) is 13.2. The van der Waals surface area contributed by atoms with E-state index in [1.165, 1.54) is 12.1 Å². The van der Waals surface area contributed by atoms with Crippen molar-refractivity contribution in [1.29, 1.82) is 0 Å². The predicted molar refractivity (Wildman–Crippen MR) is 141 cm³/mol. The molecule has 3 amide bonds. The molecule has 0 radical (unpaired) electrons. The lowest BCUT2D eigenvalue weighted by molar-refractivity contribution is -0.177. The summed E-state index contributed by atoms with van der Waals surface area (Å²) >= 11 is 0. The van der Waals surface area contributed by atoms with E-state index in [2.05, 4.69) is 5.32 Å². The van der Waals surface area contributed by atoms with Crippen molar-refractivity contribution >= 4 is 23.9 Å². The fourth-order valence-electron chi connectivity index (χ4n) is 4.53. The van der Waals surface area contributed by atoms with Crippen molar-refractivity contribution in [3.05, 3.63) is 58.9 Å². The topological polar surface area (TPSA) is 156 Å². The Morgan fingerprint density at radius 3 is 2.17 bits per heavy atom. The number of nitrogens with two attached hydrogens (primary N) is 1. The van der Waals surface area contributed by atoms with Crippen LogP contribution in [0.15, 0.2) is 36.4 Å². The fraction of sp³-hybridized carbons (Fsp3) is 0.429. The van der Waals surface area contributed by atoms with Gasteiger partial charge in [0.2, 0.25) is 0 Å². The van der Waals surface area contributed by atoms with E-state index in [4.69, 9.17) is 29.5 Å². The second-order valence-electron chi connectivity index (χ2n) is 9.20. The van der Waals surface area contributed by atoms with Crippen molar-refractivity contribution in [1.82, 2.24) is 10.4 Å². The number of benzene rings is 2. The van der Waals surface area contributed by atoms with Gasteiger partial charge in [-0.25, -0.2) is 9.18 Å². The standard InChI is InChI=1S/C28H32FN3O9/c29-19-2-4-21-20-3-1-18(27(35)31-8-10-38-12-14-39-13-11-37-9-7-30)15-22(20)24(23(21)16-19)17-40-28(36)41-32-25(33)5-6-26(32)34/h1-4,15-16,24H,5-14,17,30H2,(H,31,35). The normalized spacial score (nSPS) is 15.6. The van der Waals surface area contributed by atoms with Crippen LogP contribution in [0.2, 0.25) is 0 Å². The van der Waals surface area contributed by atoms with E-state index in [0.717, 1.165) is 11.1 Å². The van der Waals surface area contributed by atoms with Crippen LogP contribution in [-0.2, 0) is 33.4 Å². The van der Waals surface area contributed by atoms with E-state index < -0.39 is 29.7 Å². The first kappa shape index (κ1) is 30.1. The SMILES string of the molecule is NCCOCCOCCOCCNC(=O)c1ccc2c(c1)C(COC(=O)ON1C(=O)CCC1=O)c1cc(F)ccc1-2. The van der Waals surface area contributed by atoms with Crippen molar-refractivity contribution in [3.63, 3.8) is 0 Å². The fourth-order valence-corrected chi connectivity index (χ4v) is 4.53. The summed E-state index contributed by atoms with van der Waals surface area (Å²) in [5.74, 6) is -2.68. The summed E-state index contributed by atoms with van der Waals surface area (Å²) in [4.78, 5) is 53.2. The molecule has 0 spiro atoms. The van der Waals surface area contributed by atoms with E-state index in [-0.39, 0.29) is 38.5 Å². The lowest BCUT2D eigenvalue weighted by atomic mass is 9.96. The third kappa shape index (κ3) is 7.85. The van der Waals surface area contributed by atoms with Crippen LogP contribution in [0.4, 0.5) is 9.18 Å². The molecule has 0 bridgehead atoms. The molecule has 12 nitrogen and oxygen atoms in total. The van der Waals surface area contributed by atoms with E-state index in [1.807, 2.05) is 0 Å². The predicted octanol–water partition coefficient (Wildman–Crippen LogP) is 1.89. The van der Waals surface area contributed by atoms with Crippen LogP contribution in [0.3, 0.4) is 0 Å². The van der Waals surface area contributed by atoms with Crippen molar-refractivity contribution in [2.24, 2.45) is 5.73 Å². The molecule has 220 valence electrons. The van der Waals surface area contributed by atoms with Gasteiger partial charge in [0.25, 0.3) is 17.7 Å². The molecular weight excluding hydrogens is 541 g/mol. The quantitative estimate of drug-likeness (QED) is 0.183. The summed E-state index contributed by atoms with van der Waals surface area (Å²) in [5, 5.41) is 3.17. The van der Waals surface area contributed by atoms with Crippen LogP contribution in [0, 0.1) is 5.82 Å². The van der Waals surface area contributed by atoms with Crippen molar-refractivity contribution < 1.29 is 47.4 Å². The van der Waals surface area contributed by atoms with E-state index >= 15 is 0 Å². The molecule has 41 heavy (non-hydrogen) atoms. The Balaban J connectivity index is 1.31. The Morgan fingerprint density at radius 2 is 1.49 bits per heavy atom. The molecule has 0 aromatic heterocycles. The van der Waals surface area contributed by atoms with Crippen molar-refractivity contribution in [2.75, 3.05) is 59.3 Å². The van der Waals surface area contributed by atoms with Gasteiger partial charge in [-0.15, -0.1) is 0 Å². The molecule has 1 aliphatic carbocycles. The summed E-state index contributed by atoms with van der Waals surface area (Å²) in [5.41, 5.74) is 8.42. The second-order valence-corrected chi connectivity index (χ2v) is 9.20. The number of rotatable bonds is 15. The van der Waals surface area contributed by atoms with Gasteiger partial charge in [-0.3, -0.25) is 19.2 Å². The van der Waals surface area contributed by atoms with Gasteiger partial charge in [0.15, 0.2) is 0 Å². The zero-order valence-corrected chi connectivity index (χ0v) is 22.4. The Hall–Kier alpha value is -3.91. The number of imide groups is 1. The van der Waals surface area contributed by atoms with Crippen LogP contribution in [-0.4, -0.2) is 88.3 Å². The molecule has 2 aliphatic rings. The highest BCUT2D eigenvalue weighted by Gasteiger charge is 2.35. The maximum atomic E-state index is 14.1. The van der Waals surface area contributed by atoms with E-state index in [0.29, 0.717) is 61.3 Å². The number of nitrogens with zero attached hydrogens (tertiary/aromatic N) is 1. The highest BCUT2D eigenvalue weighted by Crippen LogP contribution is 2.45.